The molecule has 0 fully saturated rings. The van der Waals surface area contributed by atoms with Crippen molar-refractivity contribution in [3.8, 4) is 0 Å². The fourth-order valence-electron chi connectivity index (χ4n) is 2.18. The Kier molecular flexibility index (Phi) is 2.68. The lowest BCUT2D eigenvalue weighted by molar-refractivity contribution is 0.911. The van der Waals surface area contributed by atoms with Crippen LogP contribution in [0.15, 0.2) is 53.5 Å². The van der Waals surface area contributed by atoms with Crippen molar-refractivity contribution < 1.29 is 0 Å². The molecular formula is C15H11N3S2. The van der Waals surface area contributed by atoms with Gasteiger partial charge < -0.3 is 4.57 Å². The second kappa shape index (κ2) is 4.54. The van der Waals surface area contributed by atoms with Gasteiger partial charge in [-0.25, -0.2) is 4.98 Å². The van der Waals surface area contributed by atoms with E-state index in [4.69, 9.17) is 4.99 Å². The van der Waals surface area contributed by atoms with E-state index in [0.29, 0.717) is 0 Å². The average molecular weight is 297 g/mol. The third-order valence-corrected chi connectivity index (χ3v) is 5.23. The van der Waals surface area contributed by atoms with E-state index in [1.807, 2.05) is 25.2 Å². The fourth-order valence-corrected chi connectivity index (χ4v) is 4.09. The lowest BCUT2D eigenvalue weighted by atomic mass is 10.3. The van der Waals surface area contributed by atoms with E-state index in [1.165, 1.54) is 14.9 Å². The minimum absolute atomic E-state index is 0.813. The van der Waals surface area contributed by atoms with E-state index in [2.05, 4.69) is 39.9 Å². The van der Waals surface area contributed by atoms with E-state index >= 15 is 0 Å². The molecule has 0 atom stereocenters. The summed E-state index contributed by atoms with van der Waals surface area (Å²) in [7, 11) is 2.05. The van der Waals surface area contributed by atoms with Gasteiger partial charge in [-0.3, -0.25) is 0 Å². The zero-order valence-corrected chi connectivity index (χ0v) is 12.4. The second-order valence-electron chi connectivity index (χ2n) is 4.49. The van der Waals surface area contributed by atoms with Gasteiger partial charge in [-0.1, -0.05) is 46.9 Å². The summed E-state index contributed by atoms with van der Waals surface area (Å²) < 4.78 is 4.54. The molecule has 5 heteroatoms. The van der Waals surface area contributed by atoms with E-state index in [-0.39, 0.29) is 0 Å². The van der Waals surface area contributed by atoms with Crippen LogP contribution in [0, 0.1) is 0 Å². The van der Waals surface area contributed by atoms with Gasteiger partial charge in [0.1, 0.15) is 0 Å². The van der Waals surface area contributed by atoms with Crippen molar-refractivity contribution >= 4 is 48.2 Å². The number of aromatic nitrogens is 2. The van der Waals surface area contributed by atoms with Gasteiger partial charge in [-0.05, 0) is 24.3 Å². The van der Waals surface area contributed by atoms with Crippen molar-refractivity contribution in [2.75, 3.05) is 0 Å². The van der Waals surface area contributed by atoms with Crippen molar-refractivity contribution in [2.24, 2.45) is 12.0 Å². The lowest BCUT2D eigenvalue weighted by Gasteiger charge is -1.92. The Morgan fingerprint density at radius 2 is 1.70 bits per heavy atom. The van der Waals surface area contributed by atoms with Gasteiger partial charge in [0.25, 0.3) is 0 Å². The van der Waals surface area contributed by atoms with Gasteiger partial charge in [0, 0.05) is 7.05 Å². The predicted octanol–water partition coefficient (Wildman–Crippen LogP) is 4.08. The number of aryl methyl sites for hydroxylation is 1. The Morgan fingerprint density at radius 3 is 2.50 bits per heavy atom. The highest BCUT2D eigenvalue weighted by atomic mass is 32.1. The molecule has 0 aliphatic rings. The molecule has 0 unspecified atom stereocenters. The van der Waals surface area contributed by atoms with Crippen molar-refractivity contribution in [1.82, 2.24) is 9.55 Å². The summed E-state index contributed by atoms with van der Waals surface area (Å²) in [4.78, 5) is 10.2. The number of thiazole rings is 2. The van der Waals surface area contributed by atoms with Crippen LogP contribution in [0.3, 0.4) is 0 Å². The van der Waals surface area contributed by atoms with Gasteiger partial charge in [0.2, 0.25) is 5.13 Å². The number of hydrogen-bond acceptors (Lipinski definition) is 4. The summed E-state index contributed by atoms with van der Waals surface area (Å²) in [6, 6.07) is 16.5. The molecule has 4 rings (SSSR count). The first-order valence-corrected chi connectivity index (χ1v) is 7.89. The number of benzene rings is 2. The minimum Gasteiger partial charge on any atom is -0.319 e. The molecule has 0 saturated carbocycles. The summed E-state index contributed by atoms with van der Waals surface area (Å²) in [5.41, 5.74) is 2.22. The first kappa shape index (κ1) is 11.8. The number of hydrogen-bond donors (Lipinski definition) is 0. The highest BCUT2D eigenvalue weighted by Crippen LogP contribution is 2.27. The number of para-hydroxylation sites is 2. The average Bonchev–Trinajstić information content (AvgIpc) is 3.01. The molecule has 3 nitrogen and oxygen atoms in total. The molecule has 20 heavy (non-hydrogen) atoms. The van der Waals surface area contributed by atoms with Crippen molar-refractivity contribution in [3.63, 3.8) is 0 Å². The molecule has 2 aromatic heterocycles. The molecule has 98 valence electrons. The third-order valence-electron chi connectivity index (χ3n) is 3.19. The maximum absolute atomic E-state index is 4.70. The second-order valence-corrected chi connectivity index (χ2v) is 6.51. The van der Waals surface area contributed by atoms with Crippen LogP contribution < -0.4 is 4.80 Å². The Labute approximate surface area is 123 Å². The highest BCUT2D eigenvalue weighted by Gasteiger charge is 2.04. The highest BCUT2D eigenvalue weighted by molar-refractivity contribution is 7.22. The number of rotatable bonds is 1. The largest absolute Gasteiger partial charge is 0.319 e. The van der Waals surface area contributed by atoms with Gasteiger partial charge in [0.05, 0.1) is 20.4 Å². The first-order valence-electron chi connectivity index (χ1n) is 6.26. The monoisotopic (exact) mass is 297 g/mol. The van der Waals surface area contributed by atoms with E-state index in [0.717, 1.165) is 15.4 Å². The van der Waals surface area contributed by atoms with E-state index in [9.17, 15) is 0 Å². The molecule has 0 aliphatic heterocycles. The molecule has 0 N–H and O–H groups in total. The van der Waals surface area contributed by atoms with Crippen molar-refractivity contribution in [1.29, 1.82) is 0 Å². The molecule has 2 aromatic carbocycles. The van der Waals surface area contributed by atoms with Crippen molar-refractivity contribution in [2.45, 2.75) is 0 Å². The summed E-state index contributed by atoms with van der Waals surface area (Å²) in [6.45, 7) is 0. The molecule has 4 aromatic rings. The minimum atomic E-state index is 0.813. The molecule has 0 radical (unpaired) electrons. The topological polar surface area (TPSA) is 30.2 Å². The van der Waals surface area contributed by atoms with Crippen LogP contribution >= 0.6 is 22.7 Å². The summed E-state index contributed by atoms with van der Waals surface area (Å²) in [5.74, 6) is 0. The SMILES string of the molecule is Cn1c(=Nc2nc3ccccc3s2)sc2ccccc21. The van der Waals surface area contributed by atoms with Gasteiger partial charge >= 0.3 is 0 Å². The molecule has 2 heterocycles. The third kappa shape index (κ3) is 1.87. The molecule has 0 aliphatic carbocycles. The number of fused-ring (bicyclic) bond motifs is 2. The zero-order valence-electron chi connectivity index (χ0n) is 10.8. The van der Waals surface area contributed by atoms with Crippen LogP contribution in [0.1, 0.15) is 0 Å². The van der Waals surface area contributed by atoms with Crippen LogP contribution in [0.5, 0.6) is 0 Å². The Bertz CT molecular complexity index is 942. The molecule has 0 saturated heterocycles. The standard InChI is InChI=1S/C15H11N3S2/c1-18-11-7-3-5-9-13(11)20-15(18)17-14-16-10-6-2-4-8-12(10)19-14/h2-9H,1H3. The van der Waals surface area contributed by atoms with Crippen LogP contribution in [0.4, 0.5) is 5.13 Å². The van der Waals surface area contributed by atoms with Gasteiger partial charge in [-0.15, -0.1) is 0 Å². The molecule has 0 spiro atoms. The van der Waals surface area contributed by atoms with E-state index in [1.54, 1.807) is 22.7 Å². The van der Waals surface area contributed by atoms with Crippen LogP contribution in [-0.4, -0.2) is 9.55 Å². The summed E-state index contributed by atoms with van der Waals surface area (Å²) in [5, 5.41) is 0.813. The zero-order chi connectivity index (χ0) is 13.5. The smallest absolute Gasteiger partial charge is 0.212 e. The van der Waals surface area contributed by atoms with Crippen LogP contribution in [0.25, 0.3) is 20.4 Å². The van der Waals surface area contributed by atoms with Gasteiger partial charge in [0.15, 0.2) is 4.80 Å². The van der Waals surface area contributed by atoms with Gasteiger partial charge in [-0.2, -0.15) is 4.99 Å². The quantitative estimate of drug-likeness (QED) is 0.520. The normalized spacial score (nSPS) is 12.6. The number of nitrogens with zero attached hydrogens (tertiary/aromatic N) is 3. The van der Waals surface area contributed by atoms with E-state index < -0.39 is 0 Å². The Hall–Kier alpha value is -1.98. The molecule has 0 amide bonds. The predicted molar refractivity (Wildman–Crippen MR) is 85.6 cm³/mol. The van der Waals surface area contributed by atoms with Crippen LogP contribution in [0.2, 0.25) is 0 Å². The molecular weight excluding hydrogens is 286 g/mol. The van der Waals surface area contributed by atoms with Crippen molar-refractivity contribution in [3.05, 3.63) is 53.3 Å². The summed E-state index contributed by atoms with van der Waals surface area (Å²) >= 11 is 3.32. The maximum atomic E-state index is 4.70. The summed E-state index contributed by atoms with van der Waals surface area (Å²) in [6.07, 6.45) is 0. The van der Waals surface area contributed by atoms with Crippen LogP contribution in [-0.2, 0) is 7.05 Å². The molecule has 0 bridgehead atoms. The Balaban J connectivity index is 1.95. The first-order chi connectivity index (χ1) is 9.81. The fraction of sp³-hybridized carbons (Fsp3) is 0.0667. The lowest BCUT2D eigenvalue weighted by Crippen LogP contribution is -2.08. The Morgan fingerprint density at radius 1 is 0.950 bits per heavy atom. The maximum Gasteiger partial charge on any atom is 0.212 e.